The second-order valence-electron chi connectivity index (χ2n) is 8.11. The van der Waals surface area contributed by atoms with Crippen LogP contribution in [-0.2, 0) is 4.79 Å². The van der Waals surface area contributed by atoms with Gasteiger partial charge in [-0.15, -0.1) is 0 Å². The topological polar surface area (TPSA) is 17.1 Å². The van der Waals surface area contributed by atoms with Gasteiger partial charge in [0.05, 0.1) is 0 Å². The number of hydrogen-bond acceptors (Lipinski definition) is 1. The van der Waals surface area contributed by atoms with E-state index in [2.05, 4.69) is 19.9 Å². The van der Waals surface area contributed by atoms with E-state index >= 15 is 0 Å². The average Bonchev–Trinajstić information content (AvgIpc) is 2.83. The van der Waals surface area contributed by atoms with Crippen molar-refractivity contribution in [3.8, 4) is 0 Å². The number of allylic oxidation sites excluding steroid dienone is 3. The van der Waals surface area contributed by atoms with E-state index in [-0.39, 0.29) is 0 Å². The molecule has 0 saturated heterocycles. The predicted molar refractivity (Wildman–Crippen MR) is 85.9 cm³/mol. The van der Waals surface area contributed by atoms with Crippen LogP contribution in [0.15, 0.2) is 23.3 Å². The Morgan fingerprint density at radius 2 is 1.95 bits per heavy atom. The lowest BCUT2D eigenvalue weighted by molar-refractivity contribution is -0.115. The van der Waals surface area contributed by atoms with Crippen LogP contribution in [0.4, 0.5) is 0 Å². The third-order valence-corrected chi connectivity index (χ3v) is 7.50. The van der Waals surface area contributed by atoms with Gasteiger partial charge in [-0.25, -0.2) is 0 Å². The van der Waals surface area contributed by atoms with E-state index in [1.54, 1.807) is 5.57 Å². The fourth-order valence-electron chi connectivity index (χ4n) is 6.50. The molecule has 0 amide bonds. The van der Waals surface area contributed by atoms with Gasteiger partial charge in [-0.1, -0.05) is 24.1 Å². The van der Waals surface area contributed by atoms with Gasteiger partial charge >= 0.3 is 0 Å². The third kappa shape index (κ3) is 1.92. The lowest BCUT2D eigenvalue weighted by atomic mass is 9.52. The van der Waals surface area contributed by atoms with E-state index in [0.717, 1.165) is 36.5 Å². The van der Waals surface area contributed by atoms with Gasteiger partial charge in [0, 0.05) is 6.42 Å². The van der Waals surface area contributed by atoms with Crippen molar-refractivity contribution >= 4 is 5.78 Å². The summed E-state index contributed by atoms with van der Waals surface area (Å²) >= 11 is 0. The molecule has 4 aliphatic carbocycles. The zero-order valence-electron chi connectivity index (χ0n) is 13.5. The fraction of sp³-hybridized carbons (Fsp3) is 0.750. The highest BCUT2D eigenvalue weighted by atomic mass is 16.1. The zero-order chi connectivity index (χ0) is 14.6. The van der Waals surface area contributed by atoms with Crippen LogP contribution >= 0.6 is 0 Å². The van der Waals surface area contributed by atoms with Crippen molar-refractivity contribution in [2.24, 2.45) is 29.1 Å². The molecule has 0 aromatic rings. The van der Waals surface area contributed by atoms with Crippen LogP contribution < -0.4 is 0 Å². The monoisotopic (exact) mass is 284 g/mol. The van der Waals surface area contributed by atoms with Gasteiger partial charge in [0.1, 0.15) is 0 Å². The van der Waals surface area contributed by atoms with Gasteiger partial charge in [0.15, 0.2) is 5.78 Å². The first kappa shape index (κ1) is 13.8. The highest BCUT2D eigenvalue weighted by Gasteiger charge is 2.53. The normalized spacial score (nSPS) is 47.6. The molecule has 0 aromatic heterocycles. The number of hydrogen-bond donors (Lipinski definition) is 0. The molecule has 4 unspecified atom stereocenters. The molecule has 4 rings (SSSR count). The molecule has 0 aromatic carbocycles. The Morgan fingerprint density at radius 1 is 1.10 bits per heavy atom. The molecule has 114 valence electrons. The van der Waals surface area contributed by atoms with E-state index in [1.807, 2.05) is 6.08 Å². The predicted octanol–water partition coefficient (Wildman–Crippen LogP) is 5.07. The molecular weight excluding hydrogens is 256 g/mol. The highest BCUT2D eigenvalue weighted by molar-refractivity contribution is 5.91. The van der Waals surface area contributed by atoms with Crippen LogP contribution in [0, 0.1) is 29.1 Å². The number of rotatable bonds is 0. The molecule has 0 bridgehead atoms. The first-order valence-corrected chi connectivity index (χ1v) is 9.02. The molecule has 0 heterocycles. The second-order valence-corrected chi connectivity index (χ2v) is 8.11. The van der Waals surface area contributed by atoms with Crippen LogP contribution in [0.25, 0.3) is 0 Å². The van der Waals surface area contributed by atoms with Crippen molar-refractivity contribution in [3.63, 3.8) is 0 Å². The molecule has 0 N–H and O–H groups in total. The summed E-state index contributed by atoms with van der Waals surface area (Å²) < 4.78 is 0. The second kappa shape index (κ2) is 4.83. The maximum absolute atomic E-state index is 11.7. The summed E-state index contributed by atoms with van der Waals surface area (Å²) in [4.78, 5) is 11.7. The summed E-state index contributed by atoms with van der Waals surface area (Å²) in [5.41, 5.74) is 3.76. The third-order valence-electron chi connectivity index (χ3n) is 7.50. The van der Waals surface area contributed by atoms with Gasteiger partial charge in [0.25, 0.3) is 0 Å². The molecule has 1 nitrogen and oxygen atoms in total. The average molecular weight is 284 g/mol. The van der Waals surface area contributed by atoms with Crippen molar-refractivity contribution in [2.45, 2.75) is 65.2 Å². The molecule has 0 radical (unpaired) electrons. The minimum atomic E-state index is 0.386. The summed E-state index contributed by atoms with van der Waals surface area (Å²) in [6, 6.07) is 0. The Labute approximate surface area is 128 Å². The number of ketones is 1. The SMILES string of the molecule is CC=C1CCC2C3CCC4=CC(=O)CCC4C3CC[C@]12C. The van der Waals surface area contributed by atoms with Crippen LogP contribution in [0.2, 0.25) is 0 Å². The molecular formula is C20H28O. The van der Waals surface area contributed by atoms with Crippen molar-refractivity contribution in [1.29, 1.82) is 0 Å². The van der Waals surface area contributed by atoms with Gasteiger partial charge in [0.2, 0.25) is 0 Å². The maximum atomic E-state index is 11.7. The Hall–Kier alpha value is -0.850. The standard InChI is InChI=1S/C20H28O/c1-3-14-5-9-19-18-7-4-13-12-15(21)6-8-16(13)17(18)10-11-20(14,19)2/h3,12,16-19H,4-11H2,1-2H3/t16?,17?,18?,19?,20-/m1/s1. The molecule has 3 fully saturated rings. The van der Waals surface area contributed by atoms with E-state index in [4.69, 9.17) is 0 Å². The first-order valence-electron chi connectivity index (χ1n) is 9.02. The summed E-state index contributed by atoms with van der Waals surface area (Å²) in [6.07, 6.45) is 14.5. The Kier molecular flexibility index (Phi) is 3.17. The quantitative estimate of drug-likeness (QED) is 0.567. The molecule has 0 spiro atoms. The molecule has 0 aliphatic heterocycles. The molecule has 1 heteroatoms. The van der Waals surface area contributed by atoms with Crippen LogP contribution in [0.5, 0.6) is 0 Å². The van der Waals surface area contributed by atoms with Gasteiger partial charge in [-0.2, -0.15) is 0 Å². The minimum absolute atomic E-state index is 0.386. The smallest absolute Gasteiger partial charge is 0.155 e. The van der Waals surface area contributed by atoms with Gasteiger partial charge in [-0.05, 0) is 87.0 Å². The summed E-state index contributed by atoms with van der Waals surface area (Å²) in [6.45, 7) is 4.79. The highest BCUT2D eigenvalue weighted by Crippen LogP contribution is 2.63. The van der Waals surface area contributed by atoms with Crippen LogP contribution in [0.3, 0.4) is 0 Å². The van der Waals surface area contributed by atoms with Crippen LogP contribution in [-0.4, -0.2) is 5.78 Å². The van der Waals surface area contributed by atoms with E-state index in [0.29, 0.717) is 11.2 Å². The Morgan fingerprint density at radius 3 is 2.76 bits per heavy atom. The Balaban J connectivity index is 1.64. The van der Waals surface area contributed by atoms with Crippen molar-refractivity contribution in [2.75, 3.05) is 0 Å². The van der Waals surface area contributed by atoms with E-state index in [9.17, 15) is 4.79 Å². The van der Waals surface area contributed by atoms with E-state index < -0.39 is 0 Å². The molecule has 4 aliphatic rings. The number of carbonyl (C=O) groups excluding carboxylic acids is 1. The van der Waals surface area contributed by atoms with E-state index in [1.165, 1.54) is 44.1 Å². The van der Waals surface area contributed by atoms with Gasteiger partial charge < -0.3 is 0 Å². The molecule has 3 saturated carbocycles. The van der Waals surface area contributed by atoms with Crippen molar-refractivity contribution in [1.82, 2.24) is 0 Å². The summed E-state index contributed by atoms with van der Waals surface area (Å²) in [7, 11) is 0. The number of fused-ring (bicyclic) bond motifs is 5. The summed E-state index contributed by atoms with van der Waals surface area (Å²) in [5.74, 6) is 3.86. The largest absolute Gasteiger partial charge is 0.295 e. The van der Waals surface area contributed by atoms with Crippen molar-refractivity contribution < 1.29 is 4.79 Å². The first-order chi connectivity index (χ1) is 10.1. The zero-order valence-corrected chi connectivity index (χ0v) is 13.5. The minimum Gasteiger partial charge on any atom is -0.295 e. The lowest BCUT2D eigenvalue weighted by Crippen LogP contribution is -2.45. The Bertz CT molecular complexity index is 526. The number of carbonyl (C=O) groups is 1. The lowest BCUT2D eigenvalue weighted by Gasteiger charge is -2.53. The summed E-state index contributed by atoms with van der Waals surface area (Å²) in [5, 5.41) is 0. The fourth-order valence-corrected chi connectivity index (χ4v) is 6.50. The van der Waals surface area contributed by atoms with Crippen LogP contribution in [0.1, 0.15) is 65.2 Å². The van der Waals surface area contributed by atoms with Gasteiger partial charge in [-0.3, -0.25) is 4.79 Å². The molecule has 5 atom stereocenters. The molecule has 21 heavy (non-hydrogen) atoms. The van der Waals surface area contributed by atoms with Crippen molar-refractivity contribution in [3.05, 3.63) is 23.3 Å². The maximum Gasteiger partial charge on any atom is 0.155 e.